The van der Waals surface area contributed by atoms with E-state index in [1.165, 1.54) is 32.1 Å². The second kappa shape index (κ2) is 11.3. The van der Waals surface area contributed by atoms with E-state index in [4.69, 9.17) is 0 Å². The molecule has 0 aromatic heterocycles. The number of allylic oxidation sites excluding steroid dienone is 2. The lowest BCUT2D eigenvalue weighted by atomic mass is 10.1. The number of unbranched alkanes of at least 4 members (excludes halogenated alkanes) is 5. The summed E-state index contributed by atoms with van der Waals surface area (Å²) in [5, 5.41) is 2.82. The van der Waals surface area contributed by atoms with Crippen molar-refractivity contribution < 1.29 is 4.79 Å². The molecule has 1 amide bonds. The van der Waals surface area contributed by atoms with Crippen LogP contribution in [0.5, 0.6) is 0 Å². The Morgan fingerprint density at radius 3 is 2.47 bits per heavy atom. The van der Waals surface area contributed by atoms with E-state index >= 15 is 0 Å². The molecule has 0 atom stereocenters. The van der Waals surface area contributed by atoms with Gasteiger partial charge in [-0.3, -0.25) is 4.79 Å². The minimum absolute atomic E-state index is 0.200. The van der Waals surface area contributed by atoms with Crippen molar-refractivity contribution in [3.05, 3.63) is 12.2 Å². The van der Waals surface area contributed by atoms with Crippen LogP contribution in [-0.4, -0.2) is 12.5 Å². The van der Waals surface area contributed by atoms with Crippen LogP contribution in [0.25, 0.3) is 0 Å². The monoisotopic (exact) mass is 211 g/mol. The van der Waals surface area contributed by atoms with E-state index in [-0.39, 0.29) is 5.91 Å². The highest BCUT2D eigenvalue weighted by atomic mass is 16.1. The molecule has 0 aromatic carbocycles. The molecule has 1 N–H and O–H groups in total. The van der Waals surface area contributed by atoms with Gasteiger partial charge in [0.25, 0.3) is 0 Å². The van der Waals surface area contributed by atoms with Crippen LogP contribution < -0.4 is 5.32 Å². The lowest BCUT2D eigenvalue weighted by Crippen LogP contribution is -2.21. The number of nitrogens with one attached hydrogen (secondary N) is 1. The minimum atomic E-state index is 0.200. The van der Waals surface area contributed by atoms with Gasteiger partial charge in [-0.15, -0.1) is 0 Å². The van der Waals surface area contributed by atoms with Gasteiger partial charge in [-0.2, -0.15) is 0 Å². The summed E-state index contributed by atoms with van der Waals surface area (Å²) in [6.07, 6.45) is 12.3. The Labute approximate surface area is 94.1 Å². The third kappa shape index (κ3) is 11.1. The van der Waals surface area contributed by atoms with Crippen LogP contribution in [0.2, 0.25) is 0 Å². The van der Waals surface area contributed by atoms with E-state index in [0.717, 1.165) is 13.0 Å². The topological polar surface area (TPSA) is 29.1 Å². The average Bonchev–Trinajstić information content (AvgIpc) is 2.22. The summed E-state index contributed by atoms with van der Waals surface area (Å²) in [7, 11) is 0. The van der Waals surface area contributed by atoms with Crippen LogP contribution in [-0.2, 0) is 4.79 Å². The predicted molar refractivity (Wildman–Crippen MR) is 65.8 cm³/mol. The third-order valence-corrected chi connectivity index (χ3v) is 2.38. The Morgan fingerprint density at radius 1 is 1.13 bits per heavy atom. The molecule has 0 fully saturated rings. The maximum atomic E-state index is 11.1. The van der Waals surface area contributed by atoms with Crippen LogP contribution in [0.4, 0.5) is 0 Å². The molecule has 0 saturated carbocycles. The summed E-state index contributed by atoms with van der Waals surface area (Å²) in [4.78, 5) is 11.1. The first-order chi connectivity index (χ1) is 7.31. The maximum absolute atomic E-state index is 11.1. The average molecular weight is 211 g/mol. The molecular formula is C13H25NO. The van der Waals surface area contributed by atoms with Gasteiger partial charge in [0.15, 0.2) is 0 Å². The van der Waals surface area contributed by atoms with Crippen molar-refractivity contribution in [1.29, 1.82) is 0 Å². The number of rotatable bonds is 9. The molecular weight excluding hydrogens is 186 g/mol. The van der Waals surface area contributed by atoms with Crippen LogP contribution >= 0.6 is 0 Å². The van der Waals surface area contributed by atoms with E-state index in [1.807, 2.05) is 6.92 Å². The summed E-state index contributed by atoms with van der Waals surface area (Å²) < 4.78 is 0. The molecule has 0 bridgehead atoms. The zero-order chi connectivity index (χ0) is 11.4. The Kier molecular flexibility index (Phi) is 10.7. The molecule has 0 unspecified atom stereocenters. The number of carbonyl (C=O) groups is 1. The van der Waals surface area contributed by atoms with Gasteiger partial charge in [-0.1, -0.05) is 31.4 Å². The lowest BCUT2D eigenvalue weighted by molar-refractivity contribution is -0.121. The summed E-state index contributed by atoms with van der Waals surface area (Å²) >= 11 is 0. The second-order valence-corrected chi connectivity index (χ2v) is 3.83. The number of carbonyl (C=O) groups excluding carboxylic acids is 1. The fourth-order valence-corrected chi connectivity index (χ4v) is 1.53. The minimum Gasteiger partial charge on any atom is -0.356 e. The van der Waals surface area contributed by atoms with Gasteiger partial charge < -0.3 is 5.32 Å². The summed E-state index contributed by atoms with van der Waals surface area (Å²) in [5.74, 6) is 0.200. The molecule has 0 aliphatic carbocycles. The second-order valence-electron chi connectivity index (χ2n) is 3.83. The Bertz CT molecular complexity index is 175. The van der Waals surface area contributed by atoms with Crippen molar-refractivity contribution in [3.8, 4) is 0 Å². The van der Waals surface area contributed by atoms with Gasteiger partial charge in [0.05, 0.1) is 0 Å². The summed E-state index contributed by atoms with van der Waals surface area (Å²) in [6.45, 7) is 4.77. The molecule has 0 aliphatic heterocycles. The smallest absolute Gasteiger partial charge is 0.219 e. The first-order valence-corrected chi connectivity index (χ1v) is 6.19. The Hall–Kier alpha value is -0.790. The molecule has 0 saturated heterocycles. The number of amides is 1. The molecule has 88 valence electrons. The molecule has 0 spiro atoms. The van der Waals surface area contributed by atoms with E-state index in [2.05, 4.69) is 24.4 Å². The highest BCUT2D eigenvalue weighted by Gasteiger charge is 1.97. The zero-order valence-electron chi connectivity index (χ0n) is 10.2. The molecule has 2 nitrogen and oxygen atoms in total. The molecule has 2 heteroatoms. The Balaban J connectivity index is 3.07. The van der Waals surface area contributed by atoms with Gasteiger partial charge in [-0.25, -0.2) is 0 Å². The number of hydrogen-bond donors (Lipinski definition) is 1. The fraction of sp³-hybridized carbons (Fsp3) is 0.769. The van der Waals surface area contributed by atoms with Crippen molar-refractivity contribution in [3.63, 3.8) is 0 Å². The molecule has 0 radical (unpaired) electrons. The summed E-state index contributed by atoms with van der Waals surface area (Å²) in [6, 6.07) is 0. The van der Waals surface area contributed by atoms with E-state index in [0.29, 0.717) is 6.42 Å². The standard InChI is InChI=1S/C13H25NO/c1-3-5-6-7-8-9-10-11-12-13(15)14-4-2/h3,5H,4,6-12H2,1-2H3,(H,14,15)/b5-3-. The largest absolute Gasteiger partial charge is 0.356 e. The highest BCUT2D eigenvalue weighted by Crippen LogP contribution is 2.07. The van der Waals surface area contributed by atoms with Crippen molar-refractivity contribution >= 4 is 5.91 Å². The molecule has 0 rings (SSSR count). The van der Waals surface area contributed by atoms with E-state index < -0.39 is 0 Å². The van der Waals surface area contributed by atoms with Crippen molar-refractivity contribution in [2.45, 2.75) is 58.8 Å². The fourth-order valence-electron chi connectivity index (χ4n) is 1.53. The Morgan fingerprint density at radius 2 is 1.80 bits per heavy atom. The van der Waals surface area contributed by atoms with Crippen molar-refractivity contribution in [2.75, 3.05) is 6.54 Å². The third-order valence-electron chi connectivity index (χ3n) is 2.38. The zero-order valence-corrected chi connectivity index (χ0v) is 10.2. The van der Waals surface area contributed by atoms with Crippen LogP contribution in [0.1, 0.15) is 58.8 Å². The predicted octanol–water partition coefficient (Wildman–Crippen LogP) is 3.43. The normalized spacial score (nSPS) is 10.8. The van der Waals surface area contributed by atoms with Crippen molar-refractivity contribution in [1.82, 2.24) is 5.32 Å². The van der Waals surface area contributed by atoms with Crippen LogP contribution in [0.15, 0.2) is 12.2 Å². The van der Waals surface area contributed by atoms with Gasteiger partial charge >= 0.3 is 0 Å². The maximum Gasteiger partial charge on any atom is 0.219 e. The number of hydrogen-bond acceptors (Lipinski definition) is 1. The molecule has 0 aromatic rings. The first-order valence-electron chi connectivity index (χ1n) is 6.19. The van der Waals surface area contributed by atoms with E-state index in [1.54, 1.807) is 0 Å². The van der Waals surface area contributed by atoms with Crippen molar-refractivity contribution in [2.24, 2.45) is 0 Å². The van der Waals surface area contributed by atoms with Gasteiger partial charge in [0, 0.05) is 13.0 Å². The van der Waals surface area contributed by atoms with E-state index in [9.17, 15) is 4.79 Å². The quantitative estimate of drug-likeness (QED) is 0.459. The van der Waals surface area contributed by atoms with Crippen LogP contribution in [0.3, 0.4) is 0 Å². The molecule has 0 heterocycles. The lowest BCUT2D eigenvalue weighted by Gasteiger charge is -2.01. The van der Waals surface area contributed by atoms with Crippen LogP contribution in [0, 0.1) is 0 Å². The molecule has 0 aliphatic rings. The summed E-state index contributed by atoms with van der Waals surface area (Å²) in [5.41, 5.74) is 0. The van der Waals surface area contributed by atoms with Gasteiger partial charge in [0.1, 0.15) is 0 Å². The first kappa shape index (κ1) is 14.2. The molecule has 15 heavy (non-hydrogen) atoms. The van der Waals surface area contributed by atoms with Gasteiger partial charge in [0.2, 0.25) is 5.91 Å². The SMILES string of the molecule is C/C=C\CCCCCCCC(=O)NCC. The van der Waals surface area contributed by atoms with Gasteiger partial charge in [-0.05, 0) is 33.1 Å². The highest BCUT2D eigenvalue weighted by molar-refractivity contribution is 5.75.